The van der Waals surface area contributed by atoms with E-state index in [0.717, 1.165) is 86.3 Å². The van der Waals surface area contributed by atoms with Gasteiger partial charge in [0.1, 0.15) is 6.07 Å². The van der Waals surface area contributed by atoms with Crippen LogP contribution < -0.4 is 5.32 Å². The Morgan fingerprint density at radius 1 is 0.735 bits per heavy atom. The van der Waals surface area contributed by atoms with Gasteiger partial charge in [-0.1, -0.05) is 52.5 Å². The van der Waals surface area contributed by atoms with Gasteiger partial charge in [-0.05, 0) is 131 Å². The van der Waals surface area contributed by atoms with Crippen LogP contribution in [-0.2, 0) is 0 Å². The van der Waals surface area contributed by atoms with Crippen LogP contribution in [0.3, 0.4) is 0 Å². The Kier molecular flexibility index (Phi) is 11.7. The Balaban J connectivity index is 1.82. The Morgan fingerprint density at radius 2 is 1.24 bits per heavy atom. The molecule has 0 aromatic carbocycles. The van der Waals surface area contributed by atoms with Gasteiger partial charge in [-0.15, -0.1) is 0 Å². The molecule has 0 bridgehead atoms. The first-order chi connectivity index (χ1) is 15.9. The van der Waals surface area contributed by atoms with Crippen LogP contribution in [0.15, 0.2) is 40.3 Å². The standard InChI is InChI=1S/C27H35Br4N3/c1-26(2)12-18(21(16-32)19(13-26)24(28)29)10-8-6-5-7-9-11-34-23-15-27(3,4)14-20(25(30)31)22(23)17-33/h34H,5-15H2,1-4H3. The minimum atomic E-state index is 0.134. The molecule has 0 amide bonds. The largest absolute Gasteiger partial charge is 0.387 e. The van der Waals surface area contributed by atoms with Gasteiger partial charge in [-0.25, -0.2) is 0 Å². The van der Waals surface area contributed by atoms with E-state index >= 15 is 0 Å². The molecule has 34 heavy (non-hydrogen) atoms. The third-order valence-electron chi connectivity index (χ3n) is 6.59. The molecular weight excluding hydrogens is 686 g/mol. The number of allylic oxidation sites excluding steroid dienone is 6. The summed E-state index contributed by atoms with van der Waals surface area (Å²) in [7, 11) is 0. The first kappa shape index (κ1) is 29.9. The maximum Gasteiger partial charge on any atom is 0.101 e. The molecule has 7 heteroatoms. The highest BCUT2D eigenvalue weighted by Gasteiger charge is 2.32. The van der Waals surface area contributed by atoms with Crippen molar-refractivity contribution in [3.05, 3.63) is 40.3 Å². The molecule has 186 valence electrons. The Morgan fingerprint density at radius 3 is 1.79 bits per heavy atom. The topological polar surface area (TPSA) is 59.6 Å². The van der Waals surface area contributed by atoms with Crippen LogP contribution in [0.5, 0.6) is 0 Å². The monoisotopic (exact) mass is 717 g/mol. The Labute approximate surface area is 239 Å². The van der Waals surface area contributed by atoms with E-state index in [9.17, 15) is 10.5 Å². The summed E-state index contributed by atoms with van der Waals surface area (Å²) >= 11 is 14.1. The number of nitriles is 2. The van der Waals surface area contributed by atoms with Gasteiger partial charge in [-0.3, -0.25) is 0 Å². The van der Waals surface area contributed by atoms with Crippen LogP contribution in [0.2, 0.25) is 0 Å². The average Bonchev–Trinajstić information content (AvgIpc) is 2.73. The molecule has 2 rings (SSSR count). The summed E-state index contributed by atoms with van der Waals surface area (Å²) in [6, 6.07) is 4.87. The van der Waals surface area contributed by atoms with Crippen molar-refractivity contribution in [1.29, 1.82) is 10.5 Å². The quantitative estimate of drug-likeness (QED) is 0.241. The molecule has 0 aromatic heterocycles. The number of rotatable bonds is 9. The lowest BCUT2D eigenvalue weighted by Crippen LogP contribution is -2.28. The molecule has 3 nitrogen and oxygen atoms in total. The fraction of sp³-hybridized carbons (Fsp3) is 0.630. The number of hydrogen-bond acceptors (Lipinski definition) is 3. The van der Waals surface area contributed by atoms with Crippen molar-refractivity contribution in [2.75, 3.05) is 6.54 Å². The smallest absolute Gasteiger partial charge is 0.101 e. The van der Waals surface area contributed by atoms with Gasteiger partial charge in [0.2, 0.25) is 0 Å². The molecule has 0 aliphatic heterocycles. The zero-order valence-corrected chi connectivity index (χ0v) is 27.0. The average molecular weight is 721 g/mol. The molecule has 0 aromatic rings. The molecule has 0 heterocycles. The van der Waals surface area contributed by atoms with Crippen molar-refractivity contribution in [2.45, 2.75) is 91.9 Å². The highest BCUT2D eigenvalue weighted by atomic mass is 79.9. The van der Waals surface area contributed by atoms with Crippen molar-refractivity contribution in [2.24, 2.45) is 10.8 Å². The summed E-state index contributed by atoms with van der Waals surface area (Å²) in [5.74, 6) is 0. The van der Waals surface area contributed by atoms with E-state index in [1.165, 1.54) is 24.8 Å². The summed E-state index contributed by atoms with van der Waals surface area (Å²) < 4.78 is 1.79. The minimum Gasteiger partial charge on any atom is -0.387 e. The molecule has 0 saturated carbocycles. The molecule has 0 radical (unpaired) electrons. The van der Waals surface area contributed by atoms with Crippen molar-refractivity contribution in [3.8, 4) is 12.1 Å². The molecule has 2 aliphatic carbocycles. The SMILES string of the molecule is CC1(C)CC(CCCCCCCNC2=C(C#N)C(=C(Br)Br)CC(C)(C)C2)=C(C#N)C(=C(Br)Br)C1. The van der Waals surface area contributed by atoms with Crippen LogP contribution in [0, 0.1) is 33.5 Å². The van der Waals surface area contributed by atoms with E-state index in [0.29, 0.717) is 0 Å². The Bertz CT molecular complexity index is 896. The molecule has 0 fully saturated rings. The predicted octanol–water partition coefficient (Wildman–Crippen LogP) is 10.2. The molecule has 0 unspecified atom stereocenters. The lowest BCUT2D eigenvalue weighted by atomic mass is 9.71. The zero-order valence-electron chi connectivity index (χ0n) is 20.7. The van der Waals surface area contributed by atoms with Gasteiger partial charge < -0.3 is 5.32 Å². The number of unbranched alkanes of at least 4 members (excludes halogenated alkanes) is 4. The maximum absolute atomic E-state index is 9.75. The van der Waals surface area contributed by atoms with Crippen LogP contribution in [0.1, 0.15) is 91.9 Å². The second-order valence-corrected chi connectivity index (χ2v) is 16.3. The van der Waals surface area contributed by atoms with Crippen LogP contribution in [0.25, 0.3) is 0 Å². The highest BCUT2D eigenvalue weighted by Crippen LogP contribution is 2.46. The van der Waals surface area contributed by atoms with Gasteiger partial charge in [0.05, 0.1) is 24.0 Å². The van der Waals surface area contributed by atoms with Crippen molar-refractivity contribution in [1.82, 2.24) is 5.32 Å². The lowest BCUT2D eigenvalue weighted by Gasteiger charge is -2.33. The summed E-state index contributed by atoms with van der Waals surface area (Å²) in [5.41, 5.74) is 6.54. The number of hydrogen-bond donors (Lipinski definition) is 1. The van der Waals surface area contributed by atoms with Crippen molar-refractivity contribution >= 4 is 63.7 Å². The first-order valence-corrected chi connectivity index (χ1v) is 15.2. The van der Waals surface area contributed by atoms with Gasteiger partial charge in [0, 0.05) is 12.2 Å². The van der Waals surface area contributed by atoms with Crippen molar-refractivity contribution < 1.29 is 0 Å². The van der Waals surface area contributed by atoms with Gasteiger partial charge in [0.15, 0.2) is 0 Å². The third-order valence-corrected chi connectivity index (χ3v) is 8.50. The fourth-order valence-corrected chi connectivity index (χ4v) is 6.44. The van der Waals surface area contributed by atoms with E-state index in [2.05, 4.69) is 109 Å². The van der Waals surface area contributed by atoms with Gasteiger partial charge in [0.25, 0.3) is 0 Å². The van der Waals surface area contributed by atoms with Crippen molar-refractivity contribution in [3.63, 3.8) is 0 Å². The summed E-state index contributed by atoms with van der Waals surface area (Å²) in [6.07, 6.45) is 10.5. The van der Waals surface area contributed by atoms with E-state index in [1.54, 1.807) is 0 Å². The number of halogens is 4. The summed E-state index contributed by atoms with van der Waals surface area (Å²) in [5, 5.41) is 23.0. The number of nitrogens with zero attached hydrogens (tertiary/aromatic N) is 2. The Hall–Kier alpha value is -0.340. The van der Waals surface area contributed by atoms with Gasteiger partial charge in [-0.2, -0.15) is 10.5 Å². The first-order valence-electron chi connectivity index (χ1n) is 12.0. The number of nitrogens with one attached hydrogen (secondary N) is 1. The van der Waals surface area contributed by atoms with Crippen LogP contribution >= 0.6 is 63.7 Å². The minimum absolute atomic E-state index is 0.134. The highest BCUT2D eigenvalue weighted by molar-refractivity contribution is 9.28. The van der Waals surface area contributed by atoms with E-state index in [4.69, 9.17) is 0 Å². The van der Waals surface area contributed by atoms with E-state index < -0.39 is 0 Å². The molecule has 0 atom stereocenters. The second-order valence-electron chi connectivity index (χ2n) is 11.0. The third kappa shape index (κ3) is 8.65. The summed E-state index contributed by atoms with van der Waals surface area (Å²) in [6.45, 7) is 9.97. The van der Waals surface area contributed by atoms with Crippen LogP contribution in [0.4, 0.5) is 0 Å². The fourth-order valence-electron chi connectivity index (χ4n) is 5.09. The predicted molar refractivity (Wildman–Crippen MR) is 157 cm³/mol. The van der Waals surface area contributed by atoms with E-state index in [-0.39, 0.29) is 10.8 Å². The second kappa shape index (κ2) is 13.3. The molecule has 0 saturated heterocycles. The molecule has 0 spiro atoms. The normalized spacial score (nSPS) is 19.6. The maximum atomic E-state index is 9.75. The lowest BCUT2D eigenvalue weighted by molar-refractivity contribution is 0.338. The summed E-state index contributed by atoms with van der Waals surface area (Å²) in [4.78, 5) is 0. The zero-order chi connectivity index (χ0) is 25.5. The molecule has 2 aliphatic rings. The van der Waals surface area contributed by atoms with E-state index in [1.807, 2.05) is 0 Å². The molecule has 1 N–H and O–H groups in total. The van der Waals surface area contributed by atoms with Crippen LogP contribution in [-0.4, -0.2) is 6.54 Å². The van der Waals surface area contributed by atoms with Gasteiger partial charge >= 0.3 is 0 Å². The molecular formula is C27H35Br4N3.